The fourth-order valence-corrected chi connectivity index (χ4v) is 1.73. The van der Waals surface area contributed by atoms with Gasteiger partial charge in [-0.1, -0.05) is 37.3 Å². The van der Waals surface area contributed by atoms with Crippen LogP contribution in [0.3, 0.4) is 0 Å². The van der Waals surface area contributed by atoms with Gasteiger partial charge in [0.15, 0.2) is 0 Å². The number of hydrazine groups is 1. The first-order chi connectivity index (χ1) is 9.04. The van der Waals surface area contributed by atoms with Crippen LogP contribution in [0.2, 0.25) is 0 Å². The second-order valence-corrected chi connectivity index (χ2v) is 4.48. The highest BCUT2D eigenvalue weighted by atomic mass is 16.2. The number of hydrogen-bond acceptors (Lipinski definition) is 3. The van der Waals surface area contributed by atoms with E-state index in [0.29, 0.717) is 12.8 Å². The average molecular weight is 263 g/mol. The number of likely N-dealkylation sites (N-methyl/N-ethyl adjacent to an activating group) is 1. The second-order valence-electron chi connectivity index (χ2n) is 4.48. The number of hydrogen-bond donors (Lipinski definition) is 2. The number of rotatable bonds is 5. The average Bonchev–Trinajstić information content (AvgIpc) is 2.39. The summed E-state index contributed by atoms with van der Waals surface area (Å²) in [5, 5.41) is 1.17. The summed E-state index contributed by atoms with van der Waals surface area (Å²) in [5.41, 5.74) is 9.37. The zero-order valence-electron chi connectivity index (χ0n) is 11.4. The van der Waals surface area contributed by atoms with Gasteiger partial charge in [-0.15, -0.1) is 0 Å². The van der Waals surface area contributed by atoms with Crippen molar-refractivity contribution in [3.8, 4) is 0 Å². The van der Waals surface area contributed by atoms with E-state index < -0.39 is 6.04 Å². The Morgan fingerprint density at radius 1 is 1.32 bits per heavy atom. The number of nitrogens with zero attached hydrogens (tertiary/aromatic N) is 1. The number of nitrogens with one attached hydrogen (secondary N) is 1. The van der Waals surface area contributed by atoms with Crippen LogP contribution < -0.4 is 11.2 Å². The highest BCUT2D eigenvalue weighted by Gasteiger charge is 2.19. The monoisotopic (exact) mass is 263 g/mol. The topological polar surface area (TPSA) is 75.4 Å². The predicted octanol–water partition coefficient (Wildman–Crippen LogP) is 0.846. The second kappa shape index (κ2) is 7.53. The fraction of sp³-hybridized carbons (Fsp3) is 0.429. The Balaban J connectivity index is 2.50. The lowest BCUT2D eigenvalue weighted by Crippen LogP contribution is -2.51. The van der Waals surface area contributed by atoms with E-state index in [1.165, 1.54) is 12.1 Å². The van der Waals surface area contributed by atoms with Crippen LogP contribution in [-0.2, 0) is 16.0 Å². The van der Waals surface area contributed by atoms with E-state index in [1.807, 2.05) is 37.3 Å². The molecule has 0 aliphatic rings. The smallest absolute Gasteiger partial charge is 0.257 e. The molecule has 0 spiro atoms. The molecule has 5 nitrogen and oxygen atoms in total. The number of amides is 2. The maximum atomic E-state index is 12.0. The summed E-state index contributed by atoms with van der Waals surface area (Å²) >= 11 is 0. The summed E-state index contributed by atoms with van der Waals surface area (Å²) in [7, 11) is 1.51. The van der Waals surface area contributed by atoms with Crippen molar-refractivity contribution in [3.63, 3.8) is 0 Å². The molecule has 1 aromatic carbocycles. The van der Waals surface area contributed by atoms with Gasteiger partial charge in [-0.05, 0) is 18.4 Å². The molecular formula is C14H21N3O2. The predicted molar refractivity (Wildman–Crippen MR) is 73.9 cm³/mol. The summed E-state index contributed by atoms with van der Waals surface area (Å²) in [5.74, 6) is -0.474. The van der Waals surface area contributed by atoms with Crippen LogP contribution in [0.25, 0.3) is 0 Å². The van der Waals surface area contributed by atoms with Crippen molar-refractivity contribution in [1.82, 2.24) is 10.4 Å². The van der Waals surface area contributed by atoms with E-state index in [-0.39, 0.29) is 11.8 Å². The van der Waals surface area contributed by atoms with Gasteiger partial charge in [-0.25, -0.2) is 0 Å². The molecule has 0 bridgehead atoms. The van der Waals surface area contributed by atoms with Crippen molar-refractivity contribution in [2.75, 3.05) is 7.05 Å². The van der Waals surface area contributed by atoms with Crippen LogP contribution in [0.5, 0.6) is 0 Å². The van der Waals surface area contributed by atoms with Crippen LogP contribution in [0.4, 0.5) is 0 Å². The lowest BCUT2D eigenvalue weighted by molar-refractivity contribution is -0.140. The molecule has 19 heavy (non-hydrogen) atoms. The largest absolute Gasteiger partial charge is 0.320 e. The maximum Gasteiger partial charge on any atom is 0.257 e. The van der Waals surface area contributed by atoms with Gasteiger partial charge in [0.2, 0.25) is 5.91 Å². The summed E-state index contributed by atoms with van der Waals surface area (Å²) in [4.78, 5) is 23.4. The summed E-state index contributed by atoms with van der Waals surface area (Å²) in [6, 6.07) is 8.90. The van der Waals surface area contributed by atoms with Crippen LogP contribution in [0.1, 0.15) is 25.3 Å². The molecule has 0 aromatic heterocycles. The van der Waals surface area contributed by atoms with E-state index in [0.717, 1.165) is 12.0 Å². The Morgan fingerprint density at radius 3 is 2.53 bits per heavy atom. The molecule has 3 N–H and O–H groups in total. The van der Waals surface area contributed by atoms with Crippen molar-refractivity contribution in [3.05, 3.63) is 35.9 Å². The van der Waals surface area contributed by atoms with Crippen molar-refractivity contribution in [1.29, 1.82) is 0 Å². The maximum absolute atomic E-state index is 12.0. The van der Waals surface area contributed by atoms with Gasteiger partial charge in [0.1, 0.15) is 0 Å². The first-order valence-electron chi connectivity index (χ1n) is 6.41. The van der Waals surface area contributed by atoms with E-state index in [2.05, 4.69) is 5.43 Å². The molecule has 0 fully saturated rings. The standard InChI is InChI=1S/C14H21N3O2/c1-3-7-13(18)16-17(2)14(19)12(15)10-11-8-5-4-6-9-11/h4-6,8-9,12H,3,7,10,15H2,1-2H3,(H,16,18). The quantitative estimate of drug-likeness (QED) is 0.773. The van der Waals surface area contributed by atoms with Crippen molar-refractivity contribution >= 4 is 11.8 Å². The fourth-order valence-electron chi connectivity index (χ4n) is 1.73. The molecule has 0 saturated heterocycles. The molecule has 1 aromatic rings. The number of benzene rings is 1. The van der Waals surface area contributed by atoms with E-state index in [9.17, 15) is 9.59 Å². The molecule has 0 heterocycles. The molecule has 104 valence electrons. The third kappa shape index (κ3) is 5.09. The van der Waals surface area contributed by atoms with Gasteiger partial charge in [-0.2, -0.15) is 0 Å². The van der Waals surface area contributed by atoms with E-state index in [1.54, 1.807) is 0 Å². The molecule has 2 amide bonds. The molecule has 1 unspecified atom stereocenters. The number of carbonyl (C=O) groups excluding carboxylic acids is 2. The molecule has 5 heteroatoms. The highest BCUT2D eigenvalue weighted by molar-refractivity contribution is 5.85. The summed E-state index contributed by atoms with van der Waals surface area (Å²) < 4.78 is 0. The van der Waals surface area contributed by atoms with Crippen LogP contribution in [0.15, 0.2) is 30.3 Å². The summed E-state index contributed by atoms with van der Waals surface area (Å²) in [6.45, 7) is 1.91. The number of carbonyl (C=O) groups is 2. The van der Waals surface area contributed by atoms with Crippen molar-refractivity contribution < 1.29 is 9.59 Å². The van der Waals surface area contributed by atoms with Gasteiger partial charge in [0.05, 0.1) is 6.04 Å². The minimum Gasteiger partial charge on any atom is -0.320 e. The Hall–Kier alpha value is -1.88. The van der Waals surface area contributed by atoms with Gasteiger partial charge < -0.3 is 5.73 Å². The van der Waals surface area contributed by atoms with Crippen molar-refractivity contribution in [2.45, 2.75) is 32.2 Å². The zero-order valence-corrected chi connectivity index (χ0v) is 11.4. The lowest BCUT2D eigenvalue weighted by Gasteiger charge is -2.21. The zero-order chi connectivity index (χ0) is 14.3. The van der Waals surface area contributed by atoms with Gasteiger partial charge in [0, 0.05) is 13.5 Å². The van der Waals surface area contributed by atoms with Gasteiger partial charge >= 0.3 is 0 Å². The molecular weight excluding hydrogens is 242 g/mol. The van der Waals surface area contributed by atoms with Gasteiger partial charge in [0.25, 0.3) is 5.91 Å². The van der Waals surface area contributed by atoms with E-state index >= 15 is 0 Å². The minimum atomic E-state index is -0.658. The Bertz CT molecular complexity index is 420. The first kappa shape index (κ1) is 15.2. The molecule has 1 atom stereocenters. The molecule has 0 aliphatic carbocycles. The van der Waals surface area contributed by atoms with Gasteiger partial charge in [-0.3, -0.25) is 20.0 Å². The Kier molecular flexibility index (Phi) is 6.02. The van der Waals surface area contributed by atoms with Crippen LogP contribution in [-0.4, -0.2) is 29.9 Å². The summed E-state index contributed by atoms with van der Waals surface area (Å²) in [6.07, 6.45) is 1.59. The highest BCUT2D eigenvalue weighted by Crippen LogP contribution is 2.03. The Morgan fingerprint density at radius 2 is 1.95 bits per heavy atom. The Labute approximate surface area is 113 Å². The lowest BCUT2D eigenvalue weighted by atomic mass is 10.1. The molecule has 1 rings (SSSR count). The number of nitrogens with two attached hydrogens (primary N) is 1. The third-order valence-electron chi connectivity index (χ3n) is 2.72. The minimum absolute atomic E-state index is 0.176. The molecule has 0 saturated carbocycles. The van der Waals surface area contributed by atoms with Crippen molar-refractivity contribution in [2.24, 2.45) is 5.73 Å². The SMILES string of the molecule is CCCC(=O)NN(C)C(=O)C(N)Cc1ccccc1. The first-order valence-corrected chi connectivity index (χ1v) is 6.41. The van der Waals surface area contributed by atoms with Crippen LogP contribution >= 0.6 is 0 Å². The normalized spacial score (nSPS) is 11.7. The van der Waals surface area contributed by atoms with E-state index in [4.69, 9.17) is 5.73 Å². The van der Waals surface area contributed by atoms with Crippen LogP contribution in [0, 0.1) is 0 Å². The third-order valence-corrected chi connectivity index (χ3v) is 2.72. The molecule has 0 radical (unpaired) electrons. The molecule has 0 aliphatic heterocycles.